The van der Waals surface area contributed by atoms with Gasteiger partial charge in [0.2, 0.25) is 5.91 Å². The number of hydrogen-bond acceptors (Lipinski definition) is 3. The molecule has 90 valence electrons. The molecule has 2 aromatic rings. The van der Waals surface area contributed by atoms with Crippen molar-refractivity contribution >= 4 is 34.7 Å². The molecule has 0 radical (unpaired) electrons. The maximum atomic E-state index is 11.0. The number of carbonyl (C=O) groups excluding carboxylic acids is 1. The van der Waals surface area contributed by atoms with Crippen LogP contribution in [0.15, 0.2) is 52.3 Å². The Balaban J connectivity index is 1.96. The van der Waals surface area contributed by atoms with Crippen LogP contribution in [-0.2, 0) is 4.79 Å². The van der Waals surface area contributed by atoms with Crippen molar-refractivity contribution in [2.45, 2.75) is 16.7 Å². The van der Waals surface area contributed by atoms with Gasteiger partial charge in [0.15, 0.2) is 0 Å². The number of para-hydroxylation sites is 1. The molecule has 0 saturated heterocycles. The topological polar surface area (TPSA) is 41.1 Å². The second-order valence-corrected chi connectivity index (χ2v) is 5.20. The fourth-order valence-electron chi connectivity index (χ4n) is 1.91. The van der Waals surface area contributed by atoms with Crippen LogP contribution in [0.5, 0.6) is 0 Å². The maximum absolute atomic E-state index is 11.0. The van der Waals surface area contributed by atoms with Crippen LogP contribution in [0.25, 0.3) is 0 Å². The van der Waals surface area contributed by atoms with Crippen molar-refractivity contribution < 1.29 is 4.79 Å². The average molecular weight is 256 g/mol. The van der Waals surface area contributed by atoms with Crippen LogP contribution in [0.4, 0.5) is 17.1 Å². The van der Waals surface area contributed by atoms with Gasteiger partial charge in [0, 0.05) is 22.4 Å². The summed E-state index contributed by atoms with van der Waals surface area (Å²) >= 11 is 1.71. The van der Waals surface area contributed by atoms with E-state index in [4.69, 9.17) is 0 Å². The van der Waals surface area contributed by atoms with Gasteiger partial charge in [0.1, 0.15) is 0 Å². The molecule has 3 rings (SSSR count). The van der Waals surface area contributed by atoms with Gasteiger partial charge < -0.3 is 10.6 Å². The molecular weight excluding hydrogens is 244 g/mol. The highest BCUT2D eigenvalue weighted by Crippen LogP contribution is 2.44. The average Bonchev–Trinajstić information content (AvgIpc) is 2.35. The quantitative estimate of drug-likeness (QED) is 0.694. The van der Waals surface area contributed by atoms with E-state index in [-0.39, 0.29) is 5.91 Å². The third kappa shape index (κ3) is 2.07. The van der Waals surface area contributed by atoms with Gasteiger partial charge >= 0.3 is 0 Å². The molecule has 0 spiro atoms. The maximum Gasteiger partial charge on any atom is 0.221 e. The molecule has 1 heterocycles. The smallest absolute Gasteiger partial charge is 0.221 e. The third-order valence-corrected chi connectivity index (χ3v) is 3.81. The Hall–Kier alpha value is -1.94. The van der Waals surface area contributed by atoms with Gasteiger partial charge in [0.05, 0.1) is 11.4 Å². The van der Waals surface area contributed by atoms with Gasteiger partial charge in [0.25, 0.3) is 0 Å². The lowest BCUT2D eigenvalue weighted by molar-refractivity contribution is -0.114. The van der Waals surface area contributed by atoms with Crippen molar-refractivity contribution in [3.8, 4) is 0 Å². The Labute approximate surface area is 110 Å². The summed E-state index contributed by atoms with van der Waals surface area (Å²) in [4.78, 5) is 13.4. The summed E-state index contributed by atoms with van der Waals surface area (Å²) in [5.74, 6) is -0.0517. The summed E-state index contributed by atoms with van der Waals surface area (Å²) in [5.41, 5.74) is 3.03. The van der Waals surface area contributed by atoms with Gasteiger partial charge in [-0.2, -0.15) is 0 Å². The Bertz CT molecular complexity index is 625. The molecule has 0 unspecified atom stereocenters. The Morgan fingerprint density at radius 2 is 1.89 bits per heavy atom. The predicted octanol–water partition coefficient (Wildman–Crippen LogP) is 3.85. The van der Waals surface area contributed by atoms with Crippen LogP contribution in [0.2, 0.25) is 0 Å². The normalized spacial score (nSPS) is 12.1. The van der Waals surface area contributed by atoms with E-state index in [1.807, 2.05) is 30.3 Å². The first-order chi connectivity index (χ1) is 8.72. The molecular formula is C14H12N2OS. The SMILES string of the molecule is CC(=O)Nc1ccc2c(c1)Sc1ccccc1N2. The standard InChI is InChI=1S/C14H12N2OS/c1-9(17)15-10-6-7-12-14(8-10)18-13-5-3-2-4-11(13)16-12/h2-8,16H,1H3,(H,15,17). The summed E-state index contributed by atoms with van der Waals surface area (Å²) < 4.78 is 0. The van der Waals surface area contributed by atoms with E-state index < -0.39 is 0 Å². The number of amides is 1. The summed E-state index contributed by atoms with van der Waals surface area (Å²) in [6.07, 6.45) is 0. The fourth-order valence-corrected chi connectivity index (χ4v) is 2.94. The first-order valence-corrected chi connectivity index (χ1v) is 6.49. The van der Waals surface area contributed by atoms with Crippen molar-refractivity contribution in [2.75, 3.05) is 10.6 Å². The summed E-state index contributed by atoms with van der Waals surface area (Å²) in [7, 11) is 0. The second kappa shape index (κ2) is 4.38. The highest BCUT2D eigenvalue weighted by atomic mass is 32.2. The number of anilines is 3. The summed E-state index contributed by atoms with van der Waals surface area (Å²) in [6.45, 7) is 1.51. The van der Waals surface area contributed by atoms with Gasteiger partial charge in [-0.25, -0.2) is 0 Å². The number of benzene rings is 2. The van der Waals surface area contributed by atoms with Crippen LogP contribution in [0.3, 0.4) is 0 Å². The number of fused-ring (bicyclic) bond motifs is 2. The van der Waals surface area contributed by atoms with Crippen molar-refractivity contribution in [2.24, 2.45) is 0 Å². The third-order valence-electron chi connectivity index (χ3n) is 2.68. The van der Waals surface area contributed by atoms with Crippen molar-refractivity contribution in [1.29, 1.82) is 0 Å². The predicted molar refractivity (Wildman–Crippen MR) is 74.6 cm³/mol. The zero-order chi connectivity index (χ0) is 12.5. The molecule has 1 aliphatic rings. The number of rotatable bonds is 1. The number of nitrogens with one attached hydrogen (secondary N) is 2. The minimum absolute atomic E-state index is 0.0517. The lowest BCUT2D eigenvalue weighted by atomic mass is 10.2. The van der Waals surface area contributed by atoms with Crippen LogP contribution in [0.1, 0.15) is 6.92 Å². The van der Waals surface area contributed by atoms with Crippen LogP contribution < -0.4 is 10.6 Å². The molecule has 18 heavy (non-hydrogen) atoms. The minimum atomic E-state index is -0.0517. The molecule has 0 aromatic heterocycles. The monoisotopic (exact) mass is 256 g/mol. The van der Waals surface area contributed by atoms with Gasteiger partial charge in [-0.1, -0.05) is 23.9 Å². The van der Waals surface area contributed by atoms with Gasteiger partial charge in [-0.15, -0.1) is 0 Å². The fraction of sp³-hybridized carbons (Fsp3) is 0.0714. The molecule has 0 saturated carbocycles. The van der Waals surface area contributed by atoms with E-state index in [0.29, 0.717) is 0 Å². The largest absolute Gasteiger partial charge is 0.354 e. The van der Waals surface area contributed by atoms with E-state index in [1.54, 1.807) is 11.8 Å². The van der Waals surface area contributed by atoms with Gasteiger partial charge in [-0.05, 0) is 30.3 Å². The minimum Gasteiger partial charge on any atom is -0.354 e. The molecule has 1 aliphatic heterocycles. The summed E-state index contributed by atoms with van der Waals surface area (Å²) in [6, 6.07) is 14.1. The molecule has 4 heteroatoms. The Morgan fingerprint density at radius 1 is 1.11 bits per heavy atom. The Morgan fingerprint density at radius 3 is 2.72 bits per heavy atom. The molecule has 0 aliphatic carbocycles. The molecule has 1 amide bonds. The summed E-state index contributed by atoms with van der Waals surface area (Å²) in [5, 5.41) is 6.19. The first-order valence-electron chi connectivity index (χ1n) is 5.68. The first kappa shape index (κ1) is 11.2. The van der Waals surface area contributed by atoms with Crippen molar-refractivity contribution in [3.05, 3.63) is 42.5 Å². The highest BCUT2D eigenvalue weighted by Gasteiger charge is 2.15. The number of hydrogen-bond donors (Lipinski definition) is 2. The van der Waals surface area contributed by atoms with Crippen molar-refractivity contribution in [3.63, 3.8) is 0 Å². The van der Waals surface area contributed by atoms with E-state index in [0.717, 1.165) is 22.0 Å². The highest BCUT2D eigenvalue weighted by molar-refractivity contribution is 7.99. The van der Waals surface area contributed by atoms with E-state index >= 15 is 0 Å². The molecule has 0 bridgehead atoms. The zero-order valence-corrected chi connectivity index (χ0v) is 10.7. The van der Waals surface area contributed by atoms with Crippen LogP contribution in [0, 0.1) is 0 Å². The molecule has 3 nitrogen and oxygen atoms in total. The molecule has 2 N–H and O–H groups in total. The van der Waals surface area contributed by atoms with E-state index in [9.17, 15) is 4.79 Å². The molecule has 2 aromatic carbocycles. The van der Waals surface area contributed by atoms with E-state index in [1.165, 1.54) is 11.8 Å². The second-order valence-electron chi connectivity index (χ2n) is 4.12. The lowest BCUT2D eigenvalue weighted by Gasteiger charge is -2.21. The van der Waals surface area contributed by atoms with Crippen LogP contribution in [-0.4, -0.2) is 5.91 Å². The van der Waals surface area contributed by atoms with Crippen LogP contribution >= 0.6 is 11.8 Å². The Kier molecular flexibility index (Phi) is 2.72. The molecule has 0 atom stereocenters. The van der Waals surface area contributed by atoms with Crippen molar-refractivity contribution in [1.82, 2.24) is 0 Å². The zero-order valence-electron chi connectivity index (χ0n) is 9.86. The van der Waals surface area contributed by atoms with E-state index in [2.05, 4.69) is 22.8 Å². The molecule has 0 fully saturated rings. The lowest BCUT2D eigenvalue weighted by Crippen LogP contribution is -2.06. The number of carbonyl (C=O) groups is 1. The van der Waals surface area contributed by atoms with Gasteiger partial charge in [-0.3, -0.25) is 4.79 Å².